The monoisotopic (exact) mass is 234 g/mol. The molecule has 17 heavy (non-hydrogen) atoms. The Kier molecular flexibility index (Phi) is 4.54. The van der Waals surface area contributed by atoms with E-state index in [1.807, 2.05) is 6.07 Å². The van der Waals surface area contributed by atoms with Crippen LogP contribution >= 0.6 is 0 Å². The van der Waals surface area contributed by atoms with Gasteiger partial charge in [0, 0.05) is 25.7 Å². The fourth-order valence-corrected chi connectivity index (χ4v) is 2.41. The molecule has 1 aromatic carbocycles. The predicted molar refractivity (Wildman–Crippen MR) is 69.8 cm³/mol. The summed E-state index contributed by atoms with van der Waals surface area (Å²) in [6.45, 7) is 2.88. The molecule has 0 unspecified atom stereocenters. The highest BCUT2D eigenvalue weighted by Crippen LogP contribution is 2.11. The van der Waals surface area contributed by atoms with E-state index in [-0.39, 0.29) is 12.1 Å². The van der Waals surface area contributed by atoms with E-state index in [1.165, 1.54) is 5.56 Å². The first-order valence-corrected chi connectivity index (χ1v) is 6.44. The van der Waals surface area contributed by atoms with Crippen LogP contribution in [-0.4, -0.2) is 41.8 Å². The minimum absolute atomic E-state index is 0.100. The van der Waals surface area contributed by atoms with Gasteiger partial charge in [-0.2, -0.15) is 0 Å². The average molecular weight is 234 g/mol. The van der Waals surface area contributed by atoms with Crippen molar-refractivity contribution in [2.45, 2.75) is 31.4 Å². The summed E-state index contributed by atoms with van der Waals surface area (Å²) < 4.78 is 0. The highest BCUT2D eigenvalue weighted by atomic mass is 16.3. The molecular weight excluding hydrogens is 212 g/mol. The lowest BCUT2D eigenvalue weighted by molar-refractivity contribution is 0.0798. The quantitative estimate of drug-likeness (QED) is 0.817. The first-order chi connectivity index (χ1) is 8.24. The topological polar surface area (TPSA) is 49.5 Å². The van der Waals surface area contributed by atoms with Gasteiger partial charge in [-0.3, -0.25) is 0 Å². The lowest BCUT2D eigenvalue weighted by Gasteiger charge is -2.31. The molecule has 1 fully saturated rings. The average Bonchev–Trinajstić information content (AvgIpc) is 2.33. The Bertz CT molecular complexity index is 320. The molecule has 3 heteroatoms. The number of piperidine rings is 1. The molecular formula is C14H22N2O. The van der Waals surface area contributed by atoms with Crippen LogP contribution in [0.15, 0.2) is 30.3 Å². The van der Waals surface area contributed by atoms with Gasteiger partial charge in [-0.1, -0.05) is 30.3 Å². The van der Waals surface area contributed by atoms with Gasteiger partial charge in [0.15, 0.2) is 0 Å². The zero-order valence-corrected chi connectivity index (χ0v) is 10.3. The fraction of sp³-hybridized carbons (Fsp3) is 0.571. The summed E-state index contributed by atoms with van der Waals surface area (Å²) in [5, 5.41) is 9.44. The summed E-state index contributed by atoms with van der Waals surface area (Å²) in [7, 11) is 0. The van der Waals surface area contributed by atoms with E-state index in [1.54, 1.807) is 0 Å². The SMILES string of the molecule is N[C@@H](Cc1ccccc1)CN1CCC(O)CC1. The second kappa shape index (κ2) is 6.15. The molecule has 0 spiro atoms. The summed E-state index contributed by atoms with van der Waals surface area (Å²) in [4.78, 5) is 2.36. The molecule has 94 valence electrons. The number of hydrogen-bond acceptors (Lipinski definition) is 3. The Labute approximate surface area is 103 Å². The molecule has 0 aromatic heterocycles. The van der Waals surface area contributed by atoms with Crippen molar-refractivity contribution < 1.29 is 5.11 Å². The largest absolute Gasteiger partial charge is 0.393 e. The number of nitrogens with two attached hydrogens (primary N) is 1. The molecule has 1 aliphatic rings. The summed E-state index contributed by atoms with van der Waals surface area (Å²) in [5.41, 5.74) is 7.47. The van der Waals surface area contributed by atoms with Crippen molar-refractivity contribution >= 4 is 0 Å². The molecule has 1 atom stereocenters. The number of aliphatic hydroxyl groups excluding tert-OH is 1. The maximum atomic E-state index is 9.44. The number of aliphatic hydroxyl groups is 1. The predicted octanol–water partition coefficient (Wildman–Crippen LogP) is 1.01. The molecule has 1 heterocycles. The number of likely N-dealkylation sites (tertiary alicyclic amines) is 1. The van der Waals surface area contributed by atoms with Gasteiger partial charge in [0.1, 0.15) is 0 Å². The van der Waals surface area contributed by atoms with Crippen LogP contribution in [0.5, 0.6) is 0 Å². The smallest absolute Gasteiger partial charge is 0.0564 e. The molecule has 2 rings (SSSR count). The number of nitrogens with zero attached hydrogens (tertiary/aromatic N) is 1. The minimum atomic E-state index is -0.100. The zero-order valence-electron chi connectivity index (χ0n) is 10.3. The zero-order chi connectivity index (χ0) is 12.1. The van der Waals surface area contributed by atoms with Gasteiger partial charge in [0.25, 0.3) is 0 Å². The van der Waals surface area contributed by atoms with Crippen LogP contribution in [0.1, 0.15) is 18.4 Å². The molecule has 3 N–H and O–H groups in total. The molecule has 0 saturated carbocycles. The van der Waals surface area contributed by atoms with E-state index < -0.39 is 0 Å². The van der Waals surface area contributed by atoms with E-state index in [2.05, 4.69) is 29.2 Å². The second-order valence-electron chi connectivity index (χ2n) is 4.98. The van der Waals surface area contributed by atoms with Crippen LogP contribution in [0, 0.1) is 0 Å². The fourth-order valence-electron chi connectivity index (χ4n) is 2.41. The van der Waals surface area contributed by atoms with Gasteiger partial charge >= 0.3 is 0 Å². The third-order valence-corrected chi connectivity index (χ3v) is 3.39. The Morgan fingerprint density at radius 3 is 2.53 bits per heavy atom. The van der Waals surface area contributed by atoms with Crippen LogP contribution in [0.25, 0.3) is 0 Å². The van der Waals surface area contributed by atoms with Gasteiger partial charge in [0.05, 0.1) is 6.10 Å². The molecule has 1 aromatic rings. The number of benzene rings is 1. The van der Waals surface area contributed by atoms with Crippen LogP contribution in [0.2, 0.25) is 0 Å². The van der Waals surface area contributed by atoms with E-state index >= 15 is 0 Å². The standard InChI is InChI=1S/C14H22N2O/c15-13(10-12-4-2-1-3-5-12)11-16-8-6-14(17)7-9-16/h1-5,13-14,17H,6-11,15H2/t13-/m0/s1. The van der Waals surface area contributed by atoms with Crippen molar-refractivity contribution in [2.75, 3.05) is 19.6 Å². The van der Waals surface area contributed by atoms with Crippen molar-refractivity contribution in [3.63, 3.8) is 0 Å². The third-order valence-electron chi connectivity index (χ3n) is 3.39. The van der Waals surface area contributed by atoms with Gasteiger partial charge in [-0.05, 0) is 24.8 Å². The molecule has 3 nitrogen and oxygen atoms in total. The minimum Gasteiger partial charge on any atom is -0.393 e. The van der Waals surface area contributed by atoms with Gasteiger partial charge in [0.2, 0.25) is 0 Å². The Balaban J connectivity index is 1.76. The summed E-state index contributed by atoms with van der Waals surface area (Å²) in [6.07, 6.45) is 2.60. The third kappa shape index (κ3) is 4.11. The number of hydrogen-bond donors (Lipinski definition) is 2. The molecule has 0 aliphatic carbocycles. The van der Waals surface area contributed by atoms with Gasteiger partial charge in [-0.15, -0.1) is 0 Å². The lowest BCUT2D eigenvalue weighted by atomic mass is 10.0. The van der Waals surface area contributed by atoms with Crippen molar-refractivity contribution in [3.8, 4) is 0 Å². The summed E-state index contributed by atoms with van der Waals surface area (Å²) in [5.74, 6) is 0. The molecule has 1 saturated heterocycles. The Morgan fingerprint density at radius 1 is 1.24 bits per heavy atom. The highest BCUT2D eigenvalue weighted by molar-refractivity contribution is 5.15. The first-order valence-electron chi connectivity index (χ1n) is 6.44. The van der Waals surface area contributed by atoms with E-state index in [0.29, 0.717) is 0 Å². The summed E-state index contributed by atoms with van der Waals surface area (Å²) >= 11 is 0. The normalized spacial score (nSPS) is 20.4. The van der Waals surface area contributed by atoms with E-state index in [4.69, 9.17) is 5.73 Å². The molecule has 0 bridgehead atoms. The number of rotatable bonds is 4. The first kappa shape index (κ1) is 12.6. The van der Waals surface area contributed by atoms with Gasteiger partial charge in [-0.25, -0.2) is 0 Å². The second-order valence-corrected chi connectivity index (χ2v) is 4.98. The Hall–Kier alpha value is -0.900. The molecule has 1 aliphatic heterocycles. The van der Waals surface area contributed by atoms with Crippen molar-refractivity contribution in [3.05, 3.63) is 35.9 Å². The highest BCUT2D eigenvalue weighted by Gasteiger charge is 2.18. The van der Waals surface area contributed by atoms with Crippen LogP contribution in [0.3, 0.4) is 0 Å². The summed E-state index contributed by atoms with van der Waals surface area (Å²) in [6, 6.07) is 10.6. The van der Waals surface area contributed by atoms with E-state index in [9.17, 15) is 5.11 Å². The van der Waals surface area contributed by atoms with Crippen molar-refractivity contribution in [2.24, 2.45) is 5.73 Å². The van der Waals surface area contributed by atoms with Crippen LogP contribution < -0.4 is 5.73 Å². The van der Waals surface area contributed by atoms with Crippen molar-refractivity contribution in [1.82, 2.24) is 4.90 Å². The maximum absolute atomic E-state index is 9.44. The molecule has 0 amide bonds. The van der Waals surface area contributed by atoms with Crippen molar-refractivity contribution in [1.29, 1.82) is 0 Å². The van der Waals surface area contributed by atoms with Crippen LogP contribution in [0.4, 0.5) is 0 Å². The lowest BCUT2D eigenvalue weighted by Crippen LogP contribution is -2.43. The van der Waals surface area contributed by atoms with E-state index in [0.717, 1.165) is 38.9 Å². The maximum Gasteiger partial charge on any atom is 0.0564 e. The van der Waals surface area contributed by atoms with Gasteiger partial charge < -0.3 is 15.7 Å². The van der Waals surface area contributed by atoms with Crippen LogP contribution in [-0.2, 0) is 6.42 Å². The molecule has 0 radical (unpaired) electrons. The Morgan fingerprint density at radius 2 is 1.88 bits per heavy atom.